The molecule has 0 saturated carbocycles. The van der Waals surface area contributed by atoms with Gasteiger partial charge in [0, 0.05) is 0 Å². The number of esters is 1. The van der Waals surface area contributed by atoms with Crippen LogP contribution in [0.3, 0.4) is 0 Å². The molecule has 1 aromatic rings. The molecule has 0 saturated heterocycles. The molecule has 1 aliphatic rings. The number of ether oxygens (including phenoxy) is 2. The van der Waals surface area contributed by atoms with Gasteiger partial charge in [-0.3, -0.25) is 0 Å². The zero-order valence-corrected chi connectivity index (χ0v) is 11.0. The molecule has 6 heteroatoms. The third-order valence-corrected chi connectivity index (χ3v) is 2.67. The van der Waals surface area contributed by atoms with Gasteiger partial charge in [-0.05, 0) is 11.6 Å². The molecule has 0 radical (unpaired) electrons. The third kappa shape index (κ3) is 3.58. The van der Waals surface area contributed by atoms with Crippen molar-refractivity contribution in [2.45, 2.75) is 12.7 Å². The standard InChI is InChI=1S/C14H15NO5/c1-18-13(16)12-8-5-9-15(20-12)14(17)19-10-11-6-3-2-4-7-11/h2-8,12H,9-10H2,1H3. The molecule has 0 spiro atoms. The number of nitrogens with zero attached hydrogens (tertiary/aromatic N) is 1. The number of hydroxylamine groups is 2. The van der Waals surface area contributed by atoms with Crippen molar-refractivity contribution >= 4 is 12.1 Å². The largest absolute Gasteiger partial charge is 0.467 e. The topological polar surface area (TPSA) is 65.1 Å². The van der Waals surface area contributed by atoms with Crippen molar-refractivity contribution in [3.63, 3.8) is 0 Å². The summed E-state index contributed by atoms with van der Waals surface area (Å²) in [5, 5.41) is 0.991. The van der Waals surface area contributed by atoms with Gasteiger partial charge >= 0.3 is 12.1 Å². The van der Waals surface area contributed by atoms with E-state index in [4.69, 9.17) is 9.57 Å². The number of hydrogen-bond donors (Lipinski definition) is 0. The highest BCUT2D eigenvalue weighted by molar-refractivity contribution is 5.77. The van der Waals surface area contributed by atoms with Crippen molar-refractivity contribution < 1.29 is 23.9 Å². The van der Waals surface area contributed by atoms with Crippen LogP contribution in [0.25, 0.3) is 0 Å². The van der Waals surface area contributed by atoms with Crippen LogP contribution in [0.2, 0.25) is 0 Å². The van der Waals surface area contributed by atoms with Gasteiger partial charge in [-0.25, -0.2) is 14.4 Å². The summed E-state index contributed by atoms with van der Waals surface area (Å²) in [7, 11) is 1.26. The number of methoxy groups -OCH3 is 1. The lowest BCUT2D eigenvalue weighted by Gasteiger charge is -2.26. The van der Waals surface area contributed by atoms with Crippen LogP contribution in [-0.4, -0.2) is 36.9 Å². The second-order valence-electron chi connectivity index (χ2n) is 4.08. The maximum absolute atomic E-state index is 11.8. The van der Waals surface area contributed by atoms with Crippen LogP contribution >= 0.6 is 0 Å². The quantitative estimate of drug-likeness (QED) is 0.621. The number of hydrogen-bond acceptors (Lipinski definition) is 5. The summed E-state index contributed by atoms with van der Waals surface area (Å²) in [5.74, 6) is -0.568. The highest BCUT2D eigenvalue weighted by atomic mass is 16.7. The van der Waals surface area contributed by atoms with E-state index in [1.165, 1.54) is 13.2 Å². The van der Waals surface area contributed by atoms with Gasteiger partial charge in [0.15, 0.2) is 0 Å². The molecule has 1 atom stereocenters. The Morgan fingerprint density at radius 3 is 2.80 bits per heavy atom. The van der Waals surface area contributed by atoms with Crippen molar-refractivity contribution in [2.75, 3.05) is 13.7 Å². The highest BCUT2D eigenvalue weighted by Gasteiger charge is 2.27. The summed E-state index contributed by atoms with van der Waals surface area (Å²) in [6.45, 7) is 0.368. The average molecular weight is 277 g/mol. The lowest BCUT2D eigenvalue weighted by molar-refractivity contribution is -0.188. The first-order chi connectivity index (χ1) is 9.70. The van der Waals surface area contributed by atoms with E-state index in [0.29, 0.717) is 0 Å². The molecule has 106 valence electrons. The Kier molecular flexibility index (Phi) is 4.73. The monoisotopic (exact) mass is 277 g/mol. The Morgan fingerprint density at radius 1 is 1.35 bits per heavy atom. The van der Waals surface area contributed by atoms with E-state index >= 15 is 0 Å². The molecule has 1 amide bonds. The van der Waals surface area contributed by atoms with Gasteiger partial charge in [0.1, 0.15) is 6.61 Å². The molecule has 0 fully saturated rings. The Bertz CT molecular complexity index is 500. The highest BCUT2D eigenvalue weighted by Crippen LogP contribution is 2.11. The van der Waals surface area contributed by atoms with Crippen molar-refractivity contribution in [1.29, 1.82) is 0 Å². The zero-order valence-electron chi connectivity index (χ0n) is 11.0. The molecule has 1 aliphatic heterocycles. The fourth-order valence-corrected chi connectivity index (χ4v) is 1.64. The van der Waals surface area contributed by atoms with Gasteiger partial charge in [0.2, 0.25) is 6.10 Å². The van der Waals surface area contributed by atoms with Crippen molar-refractivity contribution in [3.8, 4) is 0 Å². The zero-order chi connectivity index (χ0) is 14.4. The minimum Gasteiger partial charge on any atom is -0.467 e. The van der Waals surface area contributed by atoms with E-state index < -0.39 is 18.2 Å². The Balaban J connectivity index is 1.87. The number of carbonyl (C=O) groups excluding carboxylic acids is 2. The number of amides is 1. The molecule has 1 unspecified atom stereocenters. The molecule has 1 heterocycles. The van der Waals surface area contributed by atoms with Gasteiger partial charge in [0.25, 0.3) is 0 Å². The average Bonchev–Trinajstić information content (AvgIpc) is 2.53. The van der Waals surface area contributed by atoms with Crippen LogP contribution in [0.1, 0.15) is 5.56 Å². The third-order valence-electron chi connectivity index (χ3n) is 2.67. The van der Waals surface area contributed by atoms with E-state index in [9.17, 15) is 9.59 Å². The number of rotatable bonds is 3. The van der Waals surface area contributed by atoms with Gasteiger partial charge in [-0.2, -0.15) is 5.06 Å². The summed E-state index contributed by atoms with van der Waals surface area (Å²) in [5.41, 5.74) is 0.873. The lowest BCUT2D eigenvalue weighted by atomic mass is 10.2. The van der Waals surface area contributed by atoms with Crippen LogP contribution in [-0.2, 0) is 25.7 Å². The van der Waals surface area contributed by atoms with Crippen LogP contribution in [0.5, 0.6) is 0 Å². The predicted molar refractivity (Wildman–Crippen MR) is 69.4 cm³/mol. The predicted octanol–water partition coefficient (Wildman–Crippen LogP) is 1.67. The summed E-state index contributed by atoms with van der Waals surface area (Å²) in [4.78, 5) is 28.3. The first-order valence-corrected chi connectivity index (χ1v) is 6.10. The molecule has 0 aliphatic carbocycles. The molecular weight excluding hydrogens is 262 g/mol. The molecular formula is C14H15NO5. The fraction of sp³-hybridized carbons (Fsp3) is 0.286. The van der Waals surface area contributed by atoms with Crippen molar-refractivity contribution in [3.05, 3.63) is 48.0 Å². The van der Waals surface area contributed by atoms with Crippen LogP contribution in [0.15, 0.2) is 42.5 Å². The van der Waals surface area contributed by atoms with Crippen LogP contribution < -0.4 is 0 Å². The van der Waals surface area contributed by atoms with E-state index in [0.717, 1.165) is 10.6 Å². The summed E-state index contributed by atoms with van der Waals surface area (Å²) >= 11 is 0. The van der Waals surface area contributed by atoms with Crippen LogP contribution in [0.4, 0.5) is 4.79 Å². The maximum Gasteiger partial charge on any atom is 0.434 e. The minimum absolute atomic E-state index is 0.145. The number of benzene rings is 1. The summed E-state index contributed by atoms with van der Waals surface area (Å²) in [6, 6.07) is 9.29. The summed E-state index contributed by atoms with van der Waals surface area (Å²) < 4.78 is 9.66. The van der Waals surface area contributed by atoms with Gasteiger partial charge < -0.3 is 9.47 Å². The maximum atomic E-state index is 11.8. The Hall–Kier alpha value is -2.34. The SMILES string of the molecule is COC(=O)C1C=CCN(C(=O)OCc2ccccc2)O1. The van der Waals surface area contributed by atoms with Crippen molar-refractivity contribution in [1.82, 2.24) is 5.06 Å². The Morgan fingerprint density at radius 2 is 2.10 bits per heavy atom. The van der Waals surface area contributed by atoms with E-state index in [1.54, 1.807) is 6.08 Å². The van der Waals surface area contributed by atoms with Gasteiger partial charge in [-0.15, -0.1) is 0 Å². The molecule has 20 heavy (non-hydrogen) atoms. The van der Waals surface area contributed by atoms with Gasteiger partial charge in [-0.1, -0.05) is 36.4 Å². The molecule has 0 aromatic heterocycles. The summed E-state index contributed by atoms with van der Waals surface area (Å²) in [6.07, 6.45) is 1.62. The molecule has 6 nitrogen and oxygen atoms in total. The van der Waals surface area contributed by atoms with Crippen molar-refractivity contribution in [2.24, 2.45) is 0 Å². The smallest absolute Gasteiger partial charge is 0.434 e. The fourth-order valence-electron chi connectivity index (χ4n) is 1.64. The minimum atomic E-state index is -0.918. The molecule has 1 aromatic carbocycles. The first kappa shape index (κ1) is 14.1. The molecule has 0 N–H and O–H groups in total. The first-order valence-electron chi connectivity index (χ1n) is 6.10. The molecule has 0 bridgehead atoms. The molecule has 2 rings (SSSR count). The second-order valence-corrected chi connectivity index (χ2v) is 4.08. The van der Waals surface area contributed by atoms with E-state index in [-0.39, 0.29) is 13.2 Å². The second kappa shape index (κ2) is 6.72. The Labute approximate surface area is 116 Å². The normalized spacial score (nSPS) is 17.6. The number of carbonyl (C=O) groups is 2. The van der Waals surface area contributed by atoms with Crippen LogP contribution in [0, 0.1) is 0 Å². The lowest BCUT2D eigenvalue weighted by Crippen LogP contribution is -2.41. The van der Waals surface area contributed by atoms with E-state index in [2.05, 4.69) is 4.74 Å². The van der Waals surface area contributed by atoms with E-state index in [1.807, 2.05) is 30.3 Å². The van der Waals surface area contributed by atoms with Gasteiger partial charge in [0.05, 0.1) is 13.7 Å².